The molecule has 0 amide bonds. The summed E-state index contributed by atoms with van der Waals surface area (Å²) in [4.78, 5) is 0. The van der Waals surface area contributed by atoms with Crippen molar-refractivity contribution in [2.24, 2.45) is 5.92 Å². The van der Waals surface area contributed by atoms with E-state index in [9.17, 15) is 0 Å². The molecule has 2 unspecified atom stereocenters. The highest BCUT2D eigenvalue weighted by Gasteiger charge is 2.37. The van der Waals surface area contributed by atoms with E-state index in [-0.39, 0.29) is 0 Å². The Morgan fingerprint density at radius 1 is 1.28 bits per heavy atom. The first-order valence-corrected chi connectivity index (χ1v) is 9.01. The minimum atomic E-state index is -2.42. The van der Waals surface area contributed by atoms with Gasteiger partial charge < -0.3 is 18.0 Å². The Hall–Kier alpha value is 0.347. The van der Waals surface area contributed by atoms with Crippen LogP contribution in [0.2, 0.25) is 6.04 Å². The molecule has 1 aliphatic rings. The molecule has 1 aliphatic heterocycles. The summed E-state index contributed by atoms with van der Waals surface area (Å²) in [5, 5.41) is 0. The molecule has 0 aromatic heterocycles. The molecule has 0 aromatic rings. The summed E-state index contributed by atoms with van der Waals surface area (Å²) in [6.07, 6.45) is 4.67. The van der Waals surface area contributed by atoms with Crippen molar-refractivity contribution < 1.29 is 18.0 Å². The van der Waals surface area contributed by atoms with Gasteiger partial charge in [-0.25, -0.2) is 0 Å². The Balaban J connectivity index is 2.33. The van der Waals surface area contributed by atoms with Crippen LogP contribution in [0.5, 0.6) is 0 Å². The monoisotopic (exact) mass is 296 g/mol. The SMILES string of the molecule is CO[Si](CCCC(CCl)C1CCCO1)(OC)OC. The summed E-state index contributed by atoms with van der Waals surface area (Å²) >= 11 is 6.04. The number of hydrogen-bond acceptors (Lipinski definition) is 4. The number of ether oxygens (including phenoxy) is 1. The Bertz CT molecular complexity index is 212. The second-order valence-electron chi connectivity index (χ2n) is 4.65. The fraction of sp³-hybridized carbons (Fsp3) is 1.00. The minimum absolute atomic E-state index is 0.339. The third kappa shape index (κ3) is 4.47. The average Bonchev–Trinajstić information content (AvgIpc) is 2.94. The normalized spacial score (nSPS) is 22.3. The molecule has 1 saturated heterocycles. The van der Waals surface area contributed by atoms with Crippen LogP contribution in [-0.2, 0) is 18.0 Å². The quantitative estimate of drug-likeness (QED) is 0.484. The molecule has 2 atom stereocenters. The first-order valence-electron chi connectivity index (χ1n) is 6.54. The highest BCUT2D eigenvalue weighted by Crippen LogP contribution is 2.27. The number of alkyl halides is 1. The summed E-state index contributed by atoms with van der Waals surface area (Å²) < 4.78 is 21.9. The molecule has 6 heteroatoms. The highest BCUT2D eigenvalue weighted by atomic mass is 35.5. The van der Waals surface area contributed by atoms with Crippen LogP contribution in [0.15, 0.2) is 0 Å². The van der Waals surface area contributed by atoms with Crippen LogP contribution in [0.3, 0.4) is 0 Å². The van der Waals surface area contributed by atoms with Crippen LogP contribution in [0.4, 0.5) is 0 Å². The number of halogens is 1. The molecule has 18 heavy (non-hydrogen) atoms. The van der Waals surface area contributed by atoms with Crippen molar-refractivity contribution in [2.75, 3.05) is 33.8 Å². The van der Waals surface area contributed by atoms with Gasteiger partial charge in [0.15, 0.2) is 0 Å². The van der Waals surface area contributed by atoms with Gasteiger partial charge in [-0.1, -0.05) is 0 Å². The molecule has 0 bridgehead atoms. The van der Waals surface area contributed by atoms with Crippen molar-refractivity contribution in [3.8, 4) is 0 Å². The number of rotatable bonds is 9. The Kier molecular flexibility index (Phi) is 7.75. The molecule has 0 aliphatic carbocycles. The largest absolute Gasteiger partial charge is 0.500 e. The van der Waals surface area contributed by atoms with Crippen molar-refractivity contribution in [1.82, 2.24) is 0 Å². The van der Waals surface area contributed by atoms with E-state index in [2.05, 4.69) is 0 Å². The molecule has 0 aromatic carbocycles. The maximum atomic E-state index is 6.04. The van der Waals surface area contributed by atoms with Crippen molar-refractivity contribution >= 4 is 20.4 Å². The molecule has 1 rings (SSSR count). The fourth-order valence-electron chi connectivity index (χ4n) is 2.47. The van der Waals surface area contributed by atoms with Gasteiger partial charge >= 0.3 is 8.80 Å². The summed E-state index contributed by atoms with van der Waals surface area (Å²) in [6, 6.07) is 0.830. The first kappa shape index (κ1) is 16.4. The summed E-state index contributed by atoms with van der Waals surface area (Å²) in [7, 11) is 2.53. The molecule has 1 heterocycles. The molecule has 0 N–H and O–H groups in total. The molecule has 0 radical (unpaired) electrons. The van der Waals surface area contributed by atoms with Gasteiger partial charge in [-0.2, -0.15) is 0 Å². The maximum Gasteiger partial charge on any atom is 0.500 e. The predicted octanol–water partition coefficient (Wildman–Crippen LogP) is 2.68. The molecule has 4 nitrogen and oxygen atoms in total. The van der Waals surface area contributed by atoms with E-state index in [1.807, 2.05) is 0 Å². The fourth-order valence-corrected chi connectivity index (χ4v) is 4.58. The zero-order valence-corrected chi connectivity index (χ0v) is 13.4. The van der Waals surface area contributed by atoms with Gasteiger partial charge in [0, 0.05) is 39.9 Å². The zero-order chi connectivity index (χ0) is 13.4. The van der Waals surface area contributed by atoms with Crippen LogP contribution in [0.1, 0.15) is 25.7 Å². The standard InChI is InChI=1S/C12H25ClO4Si/c1-14-18(15-2,16-3)9-5-6-11(10-13)12-7-4-8-17-12/h11-12H,4-10H2,1-3H3. The topological polar surface area (TPSA) is 36.9 Å². The van der Waals surface area contributed by atoms with Crippen LogP contribution < -0.4 is 0 Å². The molecule has 108 valence electrons. The van der Waals surface area contributed by atoms with E-state index >= 15 is 0 Å². The third-order valence-corrected chi connectivity index (χ3v) is 6.91. The van der Waals surface area contributed by atoms with Crippen molar-refractivity contribution in [3.63, 3.8) is 0 Å². The van der Waals surface area contributed by atoms with Gasteiger partial charge in [-0.05, 0) is 31.6 Å². The molecule has 0 saturated carbocycles. The predicted molar refractivity (Wildman–Crippen MR) is 74.0 cm³/mol. The summed E-state index contributed by atoms with van der Waals surface area (Å²) in [6.45, 7) is 0.880. The van der Waals surface area contributed by atoms with Crippen LogP contribution in [0.25, 0.3) is 0 Å². The van der Waals surface area contributed by atoms with Crippen molar-refractivity contribution in [3.05, 3.63) is 0 Å². The molecule has 0 spiro atoms. The number of hydrogen-bond donors (Lipinski definition) is 0. The van der Waals surface area contributed by atoms with E-state index in [1.54, 1.807) is 21.3 Å². The van der Waals surface area contributed by atoms with Gasteiger partial charge in [0.25, 0.3) is 0 Å². The molecular formula is C12H25ClO4Si. The smallest absolute Gasteiger partial charge is 0.378 e. The van der Waals surface area contributed by atoms with E-state index in [1.165, 1.54) is 0 Å². The lowest BCUT2D eigenvalue weighted by Gasteiger charge is -2.26. The third-order valence-electron chi connectivity index (χ3n) is 3.68. The lowest BCUT2D eigenvalue weighted by Crippen LogP contribution is -2.42. The second kappa shape index (κ2) is 8.50. The van der Waals surface area contributed by atoms with Gasteiger partial charge in [0.1, 0.15) is 0 Å². The van der Waals surface area contributed by atoms with E-state index in [0.29, 0.717) is 17.9 Å². The second-order valence-corrected chi connectivity index (χ2v) is 8.05. The highest BCUT2D eigenvalue weighted by molar-refractivity contribution is 6.60. The lowest BCUT2D eigenvalue weighted by atomic mass is 9.97. The van der Waals surface area contributed by atoms with Crippen LogP contribution >= 0.6 is 11.6 Å². The first-order chi connectivity index (χ1) is 8.71. The zero-order valence-electron chi connectivity index (χ0n) is 11.6. The van der Waals surface area contributed by atoms with Crippen LogP contribution in [0, 0.1) is 5.92 Å². The van der Waals surface area contributed by atoms with Gasteiger partial charge in [-0.3, -0.25) is 0 Å². The maximum absolute atomic E-state index is 6.04. The van der Waals surface area contributed by atoms with Gasteiger partial charge in [0.2, 0.25) is 0 Å². The molecular weight excluding hydrogens is 272 g/mol. The summed E-state index contributed by atoms with van der Waals surface area (Å²) in [5.41, 5.74) is 0. The average molecular weight is 297 g/mol. The lowest BCUT2D eigenvalue weighted by molar-refractivity contribution is 0.0660. The van der Waals surface area contributed by atoms with E-state index in [0.717, 1.165) is 38.3 Å². The molecule has 1 fully saturated rings. The van der Waals surface area contributed by atoms with Gasteiger partial charge in [-0.15, -0.1) is 11.6 Å². The van der Waals surface area contributed by atoms with Crippen molar-refractivity contribution in [1.29, 1.82) is 0 Å². The summed E-state index contributed by atoms with van der Waals surface area (Å²) in [5.74, 6) is 1.10. The van der Waals surface area contributed by atoms with E-state index in [4.69, 9.17) is 29.6 Å². The van der Waals surface area contributed by atoms with Gasteiger partial charge in [0.05, 0.1) is 6.10 Å². The Morgan fingerprint density at radius 3 is 2.39 bits per heavy atom. The van der Waals surface area contributed by atoms with Crippen molar-refractivity contribution in [2.45, 2.75) is 37.8 Å². The van der Waals surface area contributed by atoms with E-state index < -0.39 is 8.80 Å². The van der Waals surface area contributed by atoms with Crippen LogP contribution in [-0.4, -0.2) is 48.7 Å². The Labute approximate surface area is 116 Å². The minimum Gasteiger partial charge on any atom is -0.378 e. The Morgan fingerprint density at radius 2 is 1.94 bits per heavy atom.